The highest BCUT2D eigenvalue weighted by molar-refractivity contribution is 9.10. The Morgan fingerprint density at radius 2 is 1.65 bits per heavy atom. The second-order valence-electron chi connectivity index (χ2n) is 5.98. The topological polar surface area (TPSA) is 47.6 Å². The van der Waals surface area contributed by atoms with Crippen molar-refractivity contribution >= 4 is 32.6 Å². The molecule has 26 heavy (non-hydrogen) atoms. The SMILES string of the molecule is COc1ccc(CNC(=O)[C@H](C)Oc2ccc3cc(Br)ccc3c2)cc1. The zero-order valence-corrected chi connectivity index (χ0v) is 16.2. The predicted octanol–water partition coefficient (Wildman–Crippen LogP) is 4.69. The van der Waals surface area contributed by atoms with Crippen molar-refractivity contribution in [2.75, 3.05) is 7.11 Å². The minimum absolute atomic E-state index is 0.156. The predicted molar refractivity (Wildman–Crippen MR) is 107 cm³/mol. The molecule has 3 aromatic carbocycles. The lowest BCUT2D eigenvalue weighted by atomic mass is 10.1. The maximum absolute atomic E-state index is 12.3. The van der Waals surface area contributed by atoms with Gasteiger partial charge in [0.05, 0.1) is 7.11 Å². The van der Waals surface area contributed by atoms with E-state index in [1.165, 1.54) is 0 Å². The van der Waals surface area contributed by atoms with E-state index in [2.05, 4.69) is 21.2 Å². The van der Waals surface area contributed by atoms with Crippen LogP contribution in [0.25, 0.3) is 10.8 Å². The minimum Gasteiger partial charge on any atom is -0.497 e. The average molecular weight is 414 g/mol. The number of hydrogen-bond acceptors (Lipinski definition) is 3. The van der Waals surface area contributed by atoms with Crippen LogP contribution in [-0.4, -0.2) is 19.1 Å². The summed E-state index contributed by atoms with van der Waals surface area (Å²) < 4.78 is 12.0. The molecule has 4 nitrogen and oxygen atoms in total. The van der Waals surface area contributed by atoms with Gasteiger partial charge < -0.3 is 14.8 Å². The van der Waals surface area contributed by atoms with Gasteiger partial charge in [0.1, 0.15) is 11.5 Å². The van der Waals surface area contributed by atoms with Crippen LogP contribution in [0.1, 0.15) is 12.5 Å². The lowest BCUT2D eigenvalue weighted by Crippen LogP contribution is -2.35. The molecule has 5 heteroatoms. The number of methoxy groups -OCH3 is 1. The van der Waals surface area contributed by atoms with E-state index in [0.717, 1.165) is 26.6 Å². The second-order valence-corrected chi connectivity index (χ2v) is 6.89. The highest BCUT2D eigenvalue weighted by Gasteiger charge is 2.14. The highest BCUT2D eigenvalue weighted by atomic mass is 79.9. The summed E-state index contributed by atoms with van der Waals surface area (Å²) in [6.45, 7) is 2.19. The first-order valence-corrected chi connectivity index (χ1v) is 9.11. The largest absolute Gasteiger partial charge is 0.497 e. The molecule has 0 saturated heterocycles. The molecule has 1 N–H and O–H groups in total. The fourth-order valence-corrected chi connectivity index (χ4v) is 2.98. The monoisotopic (exact) mass is 413 g/mol. The number of nitrogens with one attached hydrogen (secondary N) is 1. The molecule has 0 bridgehead atoms. The molecule has 0 radical (unpaired) electrons. The molecule has 0 heterocycles. The van der Waals surface area contributed by atoms with Gasteiger partial charge in [-0.1, -0.05) is 40.2 Å². The van der Waals surface area contributed by atoms with Gasteiger partial charge in [0, 0.05) is 11.0 Å². The van der Waals surface area contributed by atoms with Crippen LogP contribution in [0.2, 0.25) is 0 Å². The van der Waals surface area contributed by atoms with Gasteiger partial charge in [0.15, 0.2) is 6.10 Å². The third-order valence-electron chi connectivity index (χ3n) is 4.08. The number of benzene rings is 3. The molecule has 134 valence electrons. The molecular formula is C21H20BrNO3. The maximum atomic E-state index is 12.3. The number of rotatable bonds is 6. The zero-order valence-electron chi connectivity index (χ0n) is 14.7. The summed E-state index contributed by atoms with van der Waals surface area (Å²) in [5, 5.41) is 5.07. The number of hydrogen-bond donors (Lipinski definition) is 1. The van der Waals surface area contributed by atoms with Gasteiger partial charge in [0.2, 0.25) is 0 Å². The summed E-state index contributed by atoms with van der Waals surface area (Å²) in [6.07, 6.45) is -0.582. The number of halogens is 1. The van der Waals surface area contributed by atoms with Crippen molar-refractivity contribution in [1.82, 2.24) is 5.32 Å². The van der Waals surface area contributed by atoms with E-state index in [9.17, 15) is 4.79 Å². The normalized spacial score (nSPS) is 11.8. The maximum Gasteiger partial charge on any atom is 0.261 e. The molecule has 0 fully saturated rings. The third-order valence-corrected chi connectivity index (χ3v) is 4.57. The van der Waals surface area contributed by atoms with Crippen LogP contribution in [0.5, 0.6) is 11.5 Å². The molecule has 1 amide bonds. The molecule has 3 rings (SSSR count). The Morgan fingerprint density at radius 1 is 1.00 bits per heavy atom. The quantitative estimate of drug-likeness (QED) is 0.637. The van der Waals surface area contributed by atoms with Gasteiger partial charge in [-0.05, 0) is 59.7 Å². The molecule has 0 aliphatic carbocycles. The molecule has 0 saturated carbocycles. The van der Waals surface area contributed by atoms with Crippen molar-refractivity contribution in [3.05, 3.63) is 70.7 Å². The first kappa shape index (κ1) is 18.3. The minimum atomic E-state index is -0.582. The Balaban J connectivity index is 1.58. The van der Waals surface area contributed by atoms with Gasteiger partial charge >= 0.3 is 0 Å². The molecule has 0 aromatic heterocycles. The highest BCUT2D eigenvalue weighted by Crippen LogP contribution is 2.24. The van der Waals surface area contributed by atoms with Crippen molar-refractivity contribution in [3.63, 3.8) is 0 Å². The van der Waals surface area contributed by atoms with E-state index >= 15 is 0 Å². The summed E-state index contributed by atoms with van der Waals surface area (Å²) in [5.41, 5.74) is 1.00. The zero-order chi connectivity index (χ0) is 18.5. The van der Waals surface area contributed by atoms with Crippen molar-refractivity contribution < 1.29 is 14.3 Å². The second kappa shape index (κ2) is 8.23. The summed E-state index contributed by atoms with van der Waals surface area (Å²) in [6, 6.07) is 19.4. The summed E-state index contributed by atoms with van der Waals surface area (Å²) >= 11 is 3.46. The van der Waals surface area contributed by atoms with Gasteiger partial charge in [-0.15, -0.1) is 0 Å². The van der Waals surface area contributed by atoms with Crippen LogP contribution in [0.15, 0.2) is 65.1 Å². The van der Waals surface area contributed by atoms with Gasteiger partial charge in [0.25, 0.3) is 5.91 Å². The van der Waals surface area contributed by atoms with Crippen molar-refractivity contribution in [3.8, 4) is 11.5 Å². The van der Waals surface area contributed by atoms with E-state index in [-0.39, 0.29) is 5.91 Å². The fraction of sp³-hybridized carbons (Fsp3) is 0.190. The number of fused-ring (bicyclic) bond motifs is 1. The number of carbonyl (C=O) groups excluding carboxylic acids is 1. The summed E-state index contributed by atoms with van der Waals surface area (Å²) in [5.74, 6) is 1.31. The Bertz CT molecular complexity index is 909. The van der Waals surface area contributed by atoms with Crippen molar-refractivity contribution in [2.24, 2.45) is 0 Å². The molecule has 1 atom stereocenters. The van der Waals surface area contributed by atoms with Crippen LogP contribution in [0.4, 0.5) is 0 Å². The molecule has 0 aliphatic heterocycles. The molecule has 0 spiro atoms. The lowest BCUT2D eigenvalue weighted by molar-refractivity contribution is -0.127. The first-order chi connectivity index (χ1) is 12.5. The van der Waals surface area contributed by atoms with Crippen LogP contribution in [-0.2, 0) is 11.3 Å². The van der Waals surface area contributed by atoms with E-state index in [1.54, 1.807) is 14.0 Å². The third kappa shape index (κ3) is 4.55. The number of carbonyl (C=O) groups is 1. The average Bonchev–Trinajstić information content (AvgIpc) is 2.66. The van der Waals surface area contributed by atoms with Crippen LogP contribution in [0, 0.1) is 0 Å². The van der Waals surface area contributed by atoms with Crippen LogP contribution < -0.4 is 14.8 Å². The molecule has 3 aromatic rings. The van der Waals surface area contributed by atoms with Crippen molar-refractivity contribution in [1.29, 1.82) is 0 Å². The molecule has 0 aliphatic rings. The van der Waals surface area contributed by atoms with E-state index in [0.29, 0.717) is 12.3 Å². The van der Waals surface area contributed by atoms with Crippen LogP contribution >= 0.6 is 15.9 Å². The van der Waals surface area contributed by atoms with Crippen molar-refractivity contribution in [2.45, 2.75) is 19.6 Å². The van der Waals surface area contributed by atoms with E-state index in [1.807, 2.05) is 60.7 Å². The van der Waals surface area contributed by atoms with Gasteiger partial charge in [-0.3, -0.25) is 4.79 Å². The Labute approximate surface area is 161 Å². The Morgan fingerprint density at radius 3 is 2.38 bits per heavy atom. The fourth-order valence-electron chi connectivity index (χ4n) is 2.60. The lowest BCUT2D eigenvalue weighted by Gasteiger charge is -2.15. The summed E-state index contributed by atoms with van der Waals surface area (Å²) in [4.78, 5) is 12.3. The molecule has 0 unspecified atom stereocenters. The van der Waals surface area contributed by atoms with Gasteiger partial charge in [-0.2, -0.15) is 0 Å². The Hall–Kier alpha value is -2.53. The number of amides is 1. The smallest absolute Gasteiger partial charge is 0.261 e. The van der Waals surface area contributed by atoms with E-state index < -0.39 is 6.10 Å². The number of ether oxygens (including phenoxy) is 2. The molecular weight excluding hydrogens is 394 g/mol. The van der Waals surface area contributed by atoms with Crippen LogP contribution in [0.3, 0.4) is 0 Å². The van der Waals surface area contributed by atoms with Gasteiger partial charge in [-0.25, -0.2) is 0 Å². The van der Waals surface area contributed by atoms with E-state index in [4.69, 9.17) is 9.47 Å². The first-order valence-electron chi connectivity index (χ1n) is 8.32. The Kier molecular flexibility index (Phi) is 5.78. The standard InChI is InChI=1S/C21H20BrNO3/c1-14(21(24)23-13-15-3-8-19(25-2)9-4-15)26-20-10-6-16-11-18(22)7-5-17(16)12-20/h3-12,14H,13H2,1-2H3,(H,23,24)/t14-/m0/s1. The summed E-state index contributed by atoms with van der Waals surface area (Å²) in [7, 11) is 1.63.